The molecule has 3 fully saturated rings. The summed E-state index contributed by atoms with van der Waals surface area (Å²) in [6.07, 6.45) is 3.14. The van der Waals surface area contributed by atoms with Gasteiger partial charge in [0.1, 0.15) is 0 Å². The Morgan fingerprint density at radius 1 is 1.18 bits per heavy atom. The van der Waals surface area contributed by atoms with E-state index in [4.69, 9.17) is 9.47 Å². The molecular weight excluding hydrogens is 220 g/mol. The number of ether oxygens (including phenoxy) is 2. The molecule has 3 atom stereocenters. The zero-order chi connectivity index (χ0) is 11.7. The van der Waals surface area contributed by atoms with Crippen LogP contribution in [0.4, 0.5) is 0 Å². The SMILES string of the molecule is O=C(C1COCCO1)N1CCC2CCC(C1)N2. The number of fused-ring (bicyclic) bond motifs is 2. The van der Waals surface area contributed by atoms with Crippen LogP contribution in [0.3, 0.4) is 0 Å². The molecule has 3 unspecified atom stereocenters. The van der Waals surface area contributed by atoms with Crippen LogP contribution < -0.4 is 5.32 Å². The van der Waals surface area contributed by atoms with Gasteiger partial charge in [0, 0.05) is 25.2 Å². The van der Waals surface area contributed by atoms with Crippen LogP contribution in [0.2, 0.25) is 0 Å². The summed E-state index contributed by atoms with van der Waals surface area (Å²) in [7, 11) is 0. The highest BCUT2D eigenvalue weighted by molar-refractivity contribution is 5.81. The molecule has 17 heavy (non-hydrogen) atoms. The van der Waals surface area contributed by atoms with Gasteiger partial charge >= 0.3 is 0 Å². The number of nitrogens with one attached hydrogen (secondary N) is 1. The molecule has 3 saturated heterocycles. The van der Waals surface area contributed by atoms with Gasteiger partial charge in [-0.05, 0) is 19.3 Å². The molecular formula is C12H20N2O3. The molecule has 1 N–H and O–H groups in total. The summed E-state index contributed by atoms with van der Waals surface area (Å²) in [6.45, 7) is 3.24. The lowest BCUT2D eigenvalue weighted by Crippen LogP contribution is -2.48. The number of carbonyl (C=O) groups excluding carboxylic acids is 1. The Morgan fingerprint density at radius 2 is 2.06 bits per heavy atom. The topological polar surface area (TPSA) is 50.8 Å². The molecule has 96 valence electrons. The van der Waals surface area contributed by atoms with Gasteiger partial charge in [0.2, 0.25) is 0 Å². The van der Waals surface area contributed by atoms with E-state index in [-0.39, 0.29) is 12.0 Å². The van der Waals surface area contributed by atoms with Crippen LogP contribution in [0.15, 0.2) is 0 Å². The van der Waals surface area contributed by atoms with E-state index >= 15 is 0 Å². The zero-order valence-electron chi connectivity index (χ0n) is 10.1. The van der Waals surface area contributed by atoms with Gasteiger partial charge in [-0.1, -0.05) is 0 Å². The van der Waals surface area contributed by atoms with Crippen molar-refractivity contribution in [1.29, 1.82) is 0 Å². The summed E-state index contributed by atoms with van der Waals surface area (Å²) in [5.74, 6) is 0.110. The third kappa shape index (κ3) is 2.46. The third-order valence-corrected chi connectivity index (χ3v) is 3.93. The molecule has 0 radical (unpaired) electrons. The highest BCUT2D eigenvalue weighted by Crippen LogP contribution is 2.21. The first kappa shape index (κ1) is 11.4. The Labute approximate surface area is 101 Å². The highest BCUT2D eigenvalue weighted by atomic mass is 16.6. The summed E-state index contributed by atoms with van der Waals surface area (Å²) in [5, 5.41) is 3.57. The quantitative estimate of drug-likeness (QED) is 0.687. The first-order valence-corrected chi connectivity index (χ1v) is 6.57. The van der Waals surface area contributed by atoms with Crippen LogP contribution in [0.25, 0.3) is 0 Å². The Kier molecular flexibility index (Phi) is 3.31. The fourth-order valence-electron chi connectivity index (χ4n) is 2.98. The molecule has 0 aliphatic carbocycles. The van der Waals surface area contributed by atoms with E-state index in [0.717, 1.165) is 19.5 Å². The standard InChI is InChI=1S/C12H20N2O3/c15-12(11-8-16-5-6-17-11)14-4-3-9-1-2-10(7-14)13-9/h9-11,13H,1-8H2. The van der Waals surface area contributed by atoms with E-state index < -0.39 is 0 Å². The number of nitrogens with zero attached hydrogens (tertiary/aromatic N) is 1. The molecule has 3 aliphatic heterocycles. The van der Waals surface area contributed by atoms with E-state index in [0.29, 0.717) is 31.9 Å². The van der Waals surface area contributed by atoms with E-state index in [1.807, 2.05) is 4.90 Å². The van der Waals surface area contributed by atoms with Gasteiger partial charge in [0.05, 0.1) is 19.8 Å². The Balaban J connectivity index is 1.61. The predicted octanol–water partition coefficient (Wildman–Crippen LogP) is -0.245. The number of hydrogen-bond donors (Lipinski definition) is 1. The highest BCUT2D eigenvalue weighted by Gasteiger charge is 2.34. The van der Waals surface area contributed by atoms with Crippen molar-refractivity contribution >= 4 is 5.91 Å². The molecule has 0 spiro atoms. The molecule has 0 aromatic carbocycles. The lowest BCUT2D eigenvalue weighted by atomic mass is 10.1. The van der Waals surface area contributed by atoms with Crippen molar-refractivity contribution in [2.45, 2.75) is 37.5 Å². The van der Waals surface area contributed by atoms with Crippen LogP contribution in [-0.4, -0.2) is 61.9 Å². The van der Waals surface area contributed by atoms with Gasteiger partial charge < -0.3 is 19.7 Å². The van der Waals surface area contributed by atoms with Crippen molar-refractivity contribution in [1.82, 2.24) is 10.2 Å². The number of carbonyl (C=O) groups is 1. The monoisotopic (exact) mass is 240 g/mol. The lowest BCUT2D eigenvalue weighted by molar-refractivity contribution is -0.158. The fourth-order valence-corrected chi connectivity index (χ4v) is 2.98. The van der Waals surface area contributed by atoms with E-state index in [1.165, 1.54) is 12.8 Å². The molecule has 0 saturated carbocycles. The summed E-state index contributed by atoms with van der Waals surface area (Å²) in [6, 6.07) is 1.09. The first-order chi connectivity index (χ1) is 8.33. The number of amides is 1. The minimum absolute atomic E-state index is 0.110. The second-order valence-electron chi connectivity index (χ2n) is 5.15. The van der Waals surface area contributed by atoms with Crippen molar-refractivity contribution < 1.29 is 14.3 Å². The molecule has 3 aliphatic rings. The molecule has 3 rings (SSSR count). The Bertz CT molecular complexity index is 291. The zero-order valence-corrected chi connectivity index (χ0v) is 10.1. The molecule has 2 bridgehead atoms. The van der Waals surface area contributed by atoms with E-state index in [9.17, 15) is 4.79 Å². The molecule has 0 aromatic rings. The summed E-state index contributed by atoms with van der Waals surface area (Å²) < 4.78 is 10.8. The maximum absolute atomic E-state index is 12.3. The van der Waals surface area contributed by atoms with Crippen LogP contribution in [-0.2, 0) is 14.3 Å². The van der Waals surface area contributed by atoms with E-state index in [2.05, 4.69) is 5.32 Å². The van der Waals surface area contributed by atoms with Gasteiger partial charge in [-0.2, -0.15) is 0 Å². The number of rotatable bonds is 1. The number of likely N-dealkylation sites (tertiary alicyclic amines) is 1. The first-order valence-electron chi connectivity index (χ1n) is 6.57. The maximum Gasteiger partial charge on any atom is 0.254 e. The van der Waals surface area contributed by atoms with Crippen LogP contribution in [0.1, 0.15) is 19.3 Å². The van der Waals surface area contributed by atoms with Gasteiger partial charge in [-0.25, -0.2) is 0 Å². The Morgan fingerprint density at radius 3 is 2.88 bits per heavy atom. The second-order valence-corrected chi connectivity index (χ2v) is 5.15. The third-order valence-electron chi connectivity index (χ3n) is 3.93. The predicted molar refractivity (Wildman–Crippen MR) is 61.7 cm³/mol. The summed E-state index contributed by atoms with van der Waals surface area (Å²) >= 11 is 0. The minimum atomic E-state index is -0.375. The van der Waals surface area contributed by atoms with Crippen LogP contribution >= 0.6 is 0 Å². The molecule has 0 aromatic heterocycles. The van der Waals surface area contributed by atoms with Crippen molar-refractivity contribution in [3.63, 3.8) is 0 Å². The normalized spacial score (nSPS) is 37.9. The van der Waals surface area contributed by atoms with Crippen LogP contribution in [0, 0.1) is 0 Å². The smallest absolute Gasteiger partial charge is 0.254 e. The van der Waals surface area contributed by atoms with Crippen molar-refractivity contribution in [2.24, 2.45) is 0 Å². The molecule has 5 heteroatoms. The average Bonchev–Trinajstić information content (AvgIpc) is 2.69. The lowest BCUT2D eigenvalue weighted by Gasteiger charge is -2.30. The Hall–Kier alpha value is -0.650. The molecule has 1 amide bonds. The average molecular weight is 240 g/mol. The molecule has 5 nitrogen and oxygen atoms in total. The van der Waals surface area contributed by atoms with Gasteiger partial charge in [0.25, 0.3) is 5.91 Å². The fraction of sp³-hybridized carbons (Fsp3) is 0.917. The minimum Gasteiger partial charge on any atom is -0.376 e. The maximum atomic E-state index is 12.3. The largest absolute Gasteiger partial charge is 0.376 e. The van der Waals surface area contributed by atoms with Crippen LogP contribution in [0.5, 0.6) is 0 Å². The van der Waals surface area contributed by atoms with Gasteiger partial charge in [0.15, 0.2) is 6.10 Å². The van der Waals surface area contributed by atoms with Crippen molar-refractivity contribution in [3.05, 3.63) is 0 Å². The second kappa shape index (κ2) is 4.92. The van der Waals surface area contributed by atoms with Gasteiger partial charge in [-0.3, -0.25) is 4.79 Å². The summed E-state index contributed by atoms with van der Waals surface area (Å²) in [4.78, 5) is 14.2. The molecule has 3 heterocycles. The van der Waals surface area contributed by atoms with Crippen molar-refractivity contribution in [3.8, 4) is 0 Å². The summed E-state index contributed by atoms with van der Waals surface area (Å²) in [5.41, 5.74) is 0. The van der Waals surface area contributed by atoms with Gasteiger partial charge in [-0.15, -0.1) is 0 Å². The van der Waals surface area contributed by atoms with Crippen molar-refractivity contribution in [2.75, 3.05) is 32.9 Å². The van der Waals surface area contributed by atoms with E-state index in [1.54, 1.807) is 0 Å². The number of hydrogen-bond acceptors (Lipinski definition) is 4.